The van der Waals surface area contributed by atoms with Crippen molar-refractivity contribution in [3.05, 3.63) is 60.4 Å². The average Bonchev–Trinajstić information content (AvgIpc) is 3.16. The molecular formula is C30H41N3O7. The monoisotopic (exact) mass is 555 g/mol. The lowest BCUT2D eigenvalue weighted by atomic mass is 9.54. The van der Waals surface area contributed by atoms with Crippen LogP contribution in [-0.4, -0.2) is 70.0 Å². The van der Waals surface area contributed by atoms with Gasteiger partial charge in [0.25, 0.3) is 5.91 Å². The van der Waals surface area contributed by atoms with Crippen LogP contribution in [0.3, 0.4) is 0 Å². The molecule has 1 spiro atoms. The van der Waals surface area contributed by atoms with Gasteiger partial charge in [0.15, 0.2) is 5.78 Å². The van der Waals surface area contributed by atoms with Crippen molar-refractivity contribution in [2.24, 2.45) is 29.4 Å². The summed E-state index contributed by atoms with van der Waals surface area (Å²) in [6.07, 6.45) is 5.06. The predicted molar refractivity (Wildman–Crippen MR) is 148 cm³/mol. The molecule has 10 heteroatoms. The molecule has 3 aliphatic rings. The minimum absolute atomic E-state index is 0.255. The second kappa shape index (κ2) is 11.4. The van der Waals surface area contributed by atoms with Gasteiger partial charge in [-0.05, 0) is 44.2 Å². The van der Waals surface area contributed by atoms with E-state index in [-0.39, 0.29) is 13.0 Å². The first-order chi connectivity index (χ1) is 18.9. The molecule has 1 aliphatic carbocycles. The van der Waals surface area contributed by atoms with Gasteiger partial charge in [0.1, 0.15) is 5.60 Å². The van der Waals surface area contributed by atoms with E-state index in [9.17, 15) is 24.6 Å². The Morgan fingerprint density at radius 3 is 2.50 bits per heavy atom. The number of ether oxygens (including phenoxy) is 2. The summed E-state index contributed by atoms with van der Waals surface area (Å²) in [7, 11) is 0. The summed E-state index contributed by atoms with van der Waals surface area (Å²) in [5.74, 6) is -3.51. The zero-order valence-electron chi connectivity index (χ0n) is 23.5. The van der Waals surface area contributed by atoms with Crippen molar-refractivity contribution in [1.29, 1.82) is 0 Å². The minimum atomic E-state index is -1.87. The Kier molecular flexibility index (Phi) is 8.56. The Labute approximate surface area is 235 Å². The van der Waals surface area contributed by atoms with E-state index in [1.165, 1.54) is 6.92 Å². The van der Waals surface area contributed by atoms with Crippen molar-refractivity contribution in [1.82, 2.24) is 10.6 Å². The lowest BCUT2D eigenvalue weighted by molar-refractivity contribution is -0.190. The topological polar surface area (TPSA) is 160 Å². The van der Waals surface area contributed by atoms with Crippen molar-refractivity contribution in [3.8, 4) is 0 Å². The number of carbonyl (C=O) groups is 3. The Bertz CT molecular complexity index is 1170. The van der Waals surface area contributed by atoms with E-state index in [0.717, 1.165) is 17.9 Å². The molecule has 1 saturated carbocycles. The van der Waals surface area contributed by atoms with Gasteiger partial charge in [-0.1, -0.05) is 56.3 Å². The second-order valence-corrected chi connectivity index (χ2v) is 11.7. The summed E-state index contributed by atoms with van der Waals surface area (Å²) in [6.45, 7) is 7.22. The maximum absolute atomic E-state index is 14.1. The van der Waals surface area contributed by atoms with Crippen LogP contribution in [-0.2, 0) is 25.5 Å². The van der Waals surface area contributed by atoms with Crippen LogP contribution in [0.1, 0.15) is 39.7 Å². The molecule has 6 N–H and O–H groups in total. The van der Waals surface area contributed by atoms with E-state index in [2.05, 4.69) is 10.6 Å². The maximum atomic E-state index is 14.1. The van der Waals surface area contributed by atoms with E-state index in [4.69, 9.17) is 15.2 Å². The molecule has 2 aliphatic heterocycles. The molecule has 1 unspecified atom stereocenters. The van der Waals surface area contributed by atoms with Gasteiger partial charge in [-0.2, -0.15) is 0 Å². The number of benzene rings is 1. The third-order valence-corrected chi connectivity index (χ3v) is 8.94. The van der Waals surface area contributed by atoms with Gasteiger partial charge in [-0.15, -0.1) is 0 Å². The average molecular weight is 556 g/mol. The number of nitrogens with one attached hydrogen (secondary N) is 2. The van der Waals surface area contributed by atoms with Gasteiger partial charge in [-0.3, -0.25) is 9.59 Å². The normalized spacial score (nSPS) is 41.6. The molecule has 4 rings (SSSR count). The van der Waals surface area contributed by atoms with E-state index in [1.807, 2.05) is 37.3 Å². The predicted octanol–water partition coefficient (Wildman–Crippen LogP) is 1.60. The summed E-state index contributed by atoms with van der Waals surface area (Å²) in [6, 6.07) is 8.46. The molecule has 40 heavy (non-hydrogen) atoms. The van der Waals surface area contributed by atoms with Crippen LogP contribution >= 0.6 is 0 Å². The number of allylic oxidation sites excluding steroid dienone is 1. The number of carbonyl (C=O) groups excluding carboxylic acids is 3. The Hall–Kier alpha value is -3.05. The molecule has 1 aromatic rings. The highest BCUT2D eigenvalue weighted by molar-refractivity contribution is 5.92. The molecule has 0 radical (unpaired) electrons. The highest BCUT2D eigenvalue weighted by Gasteiger charge is 2.72. The first kappa shape index (κ1) is 29.9. The molecule has 0 bridgehead atoms. The van der Waals surface area contributed by atoms with E-state index >= 15 is 0 Å². The Morgan fingerprint density at radius 2 is 1.82 bits per heavy atom. The Morgan fingerprint density at radius 1 is 1.12 bits per heavy atom. The number of Topliss-reactive ketones (excluding diaryl/α,β-unsaturated/α-hetero) is 1. The van der Waals surface area contributed by atoms with Gasteiger partial charge in [-0.25, -0.2) is 4.79 Å². The highest BCUT2D eigenvalue weighted by Crippen LogP contribution is 2.54. The van der Waals surface area contributed by atoms with Crippen LogP contribution in [0.15, 0.2) is 54.8 Å². The van der Waals surface area contributed by atoms with Crippen molar-refractivity contribution in [2.75, 3.05) is 13.1 Å². The number of ketones is 1. The zero-order valence-corrected chi connectivity index (χ0v) is 23.5. The molecule has 218 valence electrons. The zero-order chi connectivity index (χ0) is 29.3. The van der Waals surface area contributed by atoms with Crippen LogP contribution in [0.25, 0.3) is 0 Å². The smallest absolute Gasteiger partial charge is 0.416 e. The van der Waals surface area contributed by atoms with Crippen LogP contribution < -0.4 is 16.4 Å². The minimum Gasteiger partial charge on any atom is -0.416 e. The van der Waals surface area contributed by atoms with Crippen molar-refractivity contribution < 1.29 is 34.1 Å². The van der Waals surface area contributed by atoms with Gasteiger partial charge >= 0.3 is 6.16 Å². The number of nitrogens with two attached hydrogens (primary N) is 1. The highest BCUT2D eigenvalue weighted by atomic mass is 16.7. The van der Waals surface area contributed by atoms with Crippen LogP contribution in [0.2, 0.25) is 0 Å². The van der Waals surface area contributed by atoms with Crippen LogP contribution in [0, 0.1) is 23.7 Å². The van der Waals surface area contributed by atoms with Crippen LogP contribution in [0.5, 0.6) is 0 Å². The molecule has 1 amide bonds. The molecule has 2 heterocycles. The number of cyclic esters (lactones) is 1. The van der Waals surface area contributed by atoms with Crippen molar-refractivity contribution >= 4 is 17.8 Å². The second-order valence-electron chi connectivity index (χ2n) is 11.7. The quantitative estimate of drug-likeness (QED) is 0.269. The molecule has 9 atom stereocenters. The molecule has 2 fully saturated rings. The fourth-order valence-electron chi connectivity index (χ4n) is 6.73. The molecule has 1 aromatic carbocycles. The lowest BCUT2D eigenvalue weighted by Crippen LogP contribution is -2.73. The lowest BCUT2D eigenvalue weighted by Gasteiger charge is -2.56. The third kappa shape index (κ3) is 5.33. The van der Waals surface area contributed by atoms with E-state index in [0.29, 0.717) is 13.0 Å². The summed E-state index contributed by atoms with van der Waals surface area (Å²) >= 11 is 0. The number of amides is 1. The summed E-state index contributed by atoms with van der Waals surface area (Å²) < 4.78 is 11.2. The molecule has 1 saturated heterocycles. The fraction of sp³-hybridized carbons (Fsp3) is 0.567. The molecule has 0 aromatic heterocycles. The Balaban J connectivity index is 1.87. The third-order valence-electron chi connectivity index (χ3n) is 8.94. The van der Waals surface area contributed by atoms with Gasteiger partial charge in [0.2, 0.25) is 5.60 Å². The first-order valence-electron chi connectivity index (χ1n) is 13.9. The summed E-state index contributed by atoms with van der Waals surface area (Å²) in [4.78, 5) is 40.1. The number of rotatable bonds is 5. The van der Waals surface area contributed by atoms with Crippen molar-refractivity contribution in [3.63, 3.8) is 0 Å². The van der Waals surface area contributed by atoms with Gasteiger partial charge < -0.3 is 36.1 Å². The largest absolute Gasteiger partial charge is 0.514 e. The van der Waals surface area contributed by atoms with Gasteiger partial charge in [0.05, 0.1) is 11.9 Å². The number of hydrogen-bond donors (Lipinski definition) is 5. The SMILES string of the molecule is C[C@H]1C/C=C/[C@H]2C(NCCN)[C@@](C)(O)[C@@H](C)[C@H]3[C@H](Cc4ccccc4)NC(=O)[C@]32OC(=O)O/C=C/[C@@](C)(O)C1=O. The van der Waals surface area contributed by atoms with Crippen LogP contribution in [0.4, 0.5) is 4.79 Å². The fourth-order valence-corrected chi connectivity index (χ4v) is 6.73. The van der Waals surface area contributed by atoms with E-state index < -0.39 is 70.4 Å². The molecule has 10 nitrogen and oxygen atoms in total. The van der Waals surface area contributed by atoms with Crippen molar-refractivity contribution in [2.45, 2.75) is 69.4 Å². The summed E-state index contributed by atoms with van der Waals surface area (Å²) in [5.41, 5.74) is 1.83. The maximum Gasteiger partial charge on any atom is 0.514 e. The summed E-state index contributed by atoms with van der Waals surface area (Å²) in [5, 5.41) is 29.0. The van der Waals surface area contributed by atoms with E-state index in [1.54, 1.807) is 26.0 Å². The first-order valence-corrected chi connectivity index (χ1v) is 13.9. The molecular weight excluding hydrogens is 514 g/mol. The van der Waals surface area contributed by atoms with Gasteiger partial charge in [0, 0.05) is 42.9 Å². The number of hydrogen-bond acceptors (Lipinski definition) is 9. The standard InChI is InChI=1S/C30H41N3O7/c1-18-9-8-12-21-24(32-15-14-31)29(4,38)19(2)23-22(17-20-10-6-5-7-11-20)33-26(35)30(21,23)40-27(36)39-16-13-28(3,37)25(18)34/h5-8,10-13,16,18-19,21-24,32,37-38H,9,14-15,17,31H2,1-4H3,(H,33,35)/b12-8+,16-13+/t18-,19-,21-,22-,23-,24?,28+,29-,30+/m0/s1. The number of aliphatic hydroxyl groups is 2.